The van der Waals surface area contributed by atoms with Crippen LogP contribution in [0.25, 0.3) is 20.9 Å². The summed E-state index contributed by atoms with van der Waals surface area (Å²) in [4.78, 5) is 22.6. The molecule has 0 spiro atoms. The van der Waals surface area contributed by atoms with Gasteiger partial charge in [-0.2, -0.15) is 0 Å². The van der Waals surface area contributed by atoms with Crippen molar-refractivity contribution in [1.82, 2.24) is 9.97 Å². The lowest BCUT2D eigenvalue weighted by atomic mass is 10.1. The lowest BCUT2D eigenvalue weighted by Gasteiger charge is -2.31. The van der Waals surface area contributed by atoms with E-state index in [0.29, 0.717) is 17.8 Å². The third kappa shape index (κ3) is 4.47. The molecule has 156 valence electrons. The summed E-state index contributed by atoms with van der Waals surface area (Å²) in [7, 11) is 1.64. The third-order valence-electron chi connectivity index (χ3n) is 5.20. The number of β-amino-alcohol motifs (C(OH)–C–C–N with tert-alkyl or cyclic N) is 1. The number of H-pyrrole nitrogens is 1. The summed E-state index contributed by atoms with van der Waals surface area (Å²) in [6.07, 6.45) is 1.43. The summed E-state index contributed by atoms with van der Waals surface area (Å²) in [5.74, 6) is 0.779. The monoisotopic (exact) mass is 423 g/mol. The Morgan fingerprint density at radius 2 is 2.07 bits per heavy atom. The van der Waals surface area contributed by atoms with Crippen LogP contribution in [0.5, 0.6) is 5.75 Å². The number of hydrogen-bond donors (Lipinski definition) is 2. The highest BCUT2D eigenvalue weighted by atomic mass is 32.1. The highest BCUT2D eigenvalue weighted by Crippen LogP contribution is 2.31. The van der Waals surface area contributed by atoms with Crippen molar-refractivity contribution in [1.29, 1.82) is 0 Å². The molecule has 7 heteroatoms. The molecule has 1 fully saturated rings. The number of ether oxygens (including phenoxy) is 1. The van der Waals surface area contributed by atoms with Crippen LogP contribution < -0.4 is 15.2 Å². The van der Waals surface area contributed by atoms with E-state index in [-0.39, 0.29) is 11.7 Å². The van der Waals surface area contributed by atoms with Crippen LogP contribution in [-0.4, -0.2) is 41.4 Å². The molecule has 1 saturated heterocycles. The van der Waals surface area contributed by atoms with E-state index in [9.17, 15) is 9.90 Å². The predicted octanol–water partition coefficient (Wildman–Crippen LogP) is 4.05. The summed E-state index contributed by atoms with van der Waals surface area (Å²) >= 11 is 1.51. The molecular formula is C23H25N3O3S. The molecule has 1 aliphatic heterocycles. The lowest BCUT2D eigenvalue weighted by molar-refractivity contribution is 0.154. The molecule has 1 atom stereocenters. The largest absolute Gasteiger partial charge is 0.497 e. The van der Waals surface area contributed by atoms with Gasteiger partial charge in [0.1, 0.15) is 10.8 Å². The summed E-state index contributed by atoms with van der Waals surface area (Å²) in [5, 5.41) is 10.7. The number of aliphatic hydroxyl groups excluding tert-OH is 1. The van der Waals surface area contributed by atoms with Crippen molar-refractivity contribution in [2.24, 2.45) is 0 Å². The van der Waals surface area contributed by atoms with Gasteiger partial charge in [0.25, 0.3) is 5.56 Å². The number of aromatic nitrogens is 2. The number of methoxy groups -OCH3 is 1. The van der Waals surface area contributed by atoms with E-state index in [2.05, 4.69) is 14.9 Å². The van der Waals surface area contributed by atoms with Gasteiger partial charge in [0.15, 0.2) is 0 Å². The molecule has 2 aromatic heterocycles. The number of aliphatic hydroxyl groups is 1. The van der Waals surface area contributed by atoms with Gasteiger partial charge in [-0.1, -0.05) is 12.1 Å². The fraction of sp³-hybridized carbons (Fsp3) is 0.304. The van der Waals surface area contributed by atoms with Gasteiger partial charge < -0.3 is 19.7 Å². The van der Waals surface area contributed by atoms with E-state index in [1.165, 1.54) is 11.3 Å². The Bertz CT molecular complexity index is 1170. The molecule has 1 aliphatic rings. The van der Waals surface area contributed by atoms with E-state index in [0.717, 1.165) is 46.0 Å². The van der Waals surface area contributed by atoms with Crippen molar-refractivity contribution in [2.45, 2.75) is 25.9 Å². The normalized spacial score (nSPS) is 16.4. The van der Waals surface area contributed by atoms with E-state index in [1.54, 1.807) is 14.0 Å². The Labute approximate surface area is 179 Å². The van der Waals surface area contributed by atoms with Gasteiger partial charge >= 0.3 is 0 Å². The van der Waals surface area contributed by atoms with Crippen LogP contribution in [0.2, 0.25) is 0 Å². The van der Waals surface area contributed by atoms with Crippen molar-refractivity contribution in [2.75, 3.05) is 25.1 Å². The molecule has 1 aromatic carbocycles. The number of piperidine rings is 1. The Hall–Kier alpha value is -2.90. The zero-order chi connectivity index (χ0) is 21.1. The Morgan fingerprint density at radius 1 is 1.23 bits per heavy atom. The van der Waals surface area contributed by atoms with Crippen LogP contribution >= 0.6 is 11.3 Å². The maximum absolute atomic E-state index is 12.8. The fourth-order valence-corrected chi connectivity index (χ4v) is 4.54. The highest BCUT2D eigenvalue weighted by Gasteiger charge is 2.17. The number of anilines is 1. The number of thiazole rings is 1. The molecule has 0 saturated carbocycles. The maximum atomic E-state index is 12.8. The number of nitrogens with zero attached hydrogens (tertiary/aromatic N) is 2. The van der Waals surface area contributed by atoms with Crippen LogP contribution in [0.3, 0.4) is 0 Å². The zero-order valence-corrected chi connectivity index (χ0v) is 17.9. The van der Waals surface area contributed by atoms with Gasteiger partial charge in [0, 0.05) is 24.3 Å². The number of fused-ring (bicyclic) bond motifs is 1. The van der Waals surface area contributed by atoms with E-state index >= 15 is 0 Å². The molecule has 0 radical (unpaired) electrons. The van der Waals surface area contributed by atoms with Crippen molar-refractivity contribution in [3.8, 4) is 16.5 Å². The molecule has 0 aliphatic carbocycles. The van der Waals surface area contributed by atoms with Crippen molar-refractivity contribution in [3.63, 3.8) is 0 Å². The van der Waals surface area contributed by atoms with Gasteiger partial charge in [-0.05, 0) is 56.2 Å². The zero-order valence-electron chi connectivity index (χ0n) is 17.1. The number of hydrogen-bond acceptors (Lipinski definition) is 6. The van der Waals surface area contributed by atoms with Gasteiger partial charge in [0.05, 0.1) is 29.1 Å². The first kappa shape index (κ1) is 20.4. The van der Waals surface area contributed by atoms with E-state index in [4.69, 9.17) is 4.74 Å². The Morgan fingerprint density at radius 3 is 2.87 bits per heavy atom. The number of benzene rings is 1. The number of aryl methyl sites for hydroxylation is 1. The molecule has 0 amide bonds. The first-order valence-corrected chi connectivity index (χ1v) is 10.8. The molecule has 3 aromatic rings. The Balaban J connectivity index is 1.77. The summed E-state index contributed by atoms with van der Waals surface area (Å²) in [6, 6.07) is 15.3. The van der Waals surface area contributed by atoms with Crippen molar-refractivity contribution < 1.29 is 9.84 Å². The standard InChI is InChI=1S/C23H25N3O3S/c1-15-12-16(26-11-5-7-17(27)14-26)6-3-4-8-20(24-22(15)28)23-25-19-10-9-18(29-2)13-21(19)30-23/h3-4,6,8-10,12-13,17,27H,5,7,11,14H2,1-2H3,(H,24,28). The van der Waals surface area contributed by atoms with Crippen LogP contribution in [-0.2, 0) is 0 Å². The van der Waals surface area contributed by atoms with E-state index in [1.807, 2.05) is 48.5 Å². The minimum absolute atomic E-state index is 0.170. The minimum Gasteiger partial charge on any atom is -0.497 e. The van der Waals surface area contributed by atoms with Crippen LogP contribution in [0, 0.1) is 6.92 Å². The first-order chi connectivity index (χ1) is 14.5. The van der Waals surface area contributed by atoms with E-state index < -0.39 is 0 Å². The van der Waals surface area contributed by atoms with Crippen molar-refractivity contribution in [3.05, 3.63) is 64.4 Å². The molecular weight excluding hydrogens is 398 g/mol. The lowest BCUT2D eigenvalue weighted by Crippen LogP contribution is -2.38. The second-order valence-electron chi connectivity index (χ2n) is 7.43. The Kier molecular flexibility index (Phi) is 6.01. The minimum atomic E-state index is -0.328. The summed E-state index contributed by atoms with van der Waals surface area (Å²) < 4.78 is 6.29. The molecule has 2 N–H and O–H groups in total. The maximum Gasteiger partial charge on any atom is 0.251 e. The molecule has 0 bridgehead atoms. The summed E-state index contributed by atoms with van der Waals surface area (Å²) in [5.41, 5.74) is 2.89. The average Bonchev–Trinajstić information content (AvgIpc) is 3.17. The smallest absolute Gasteiger partial charge is 0.251 e. The highest BCUT2D eigenvalue weighted by molar-refractivity contribution is 7.21. The van der Waals surface area contributed by atoms with Gasteiger partial charge in [-0.3, -0.25) is 4.79 Å². The summed E-state index contributed by atoms with van der Waals surface area (Å²) in [6.45, 7) is 3.26. The second kappa shape index (κ2) is 8.85. The van der Waals surface area contributed by atoms with Crippen molar-refractivity contribution >= 4 is 27.2 Å². The molecule has 4 rings (SSSR count). The average molecular weight is 424 g/mol. The molecule has 30 heavy (non-hydrogen) atoms. The van der Waals surface area contributed by atoms with Gasteiger partial charge in [-0.15, -0.1) is 11.3 Å². The third-order valence-corrected chi connectivity index (χ3v) is 6.25. The second-order valence-corrected chi connectivity index (χ2v) is 8.46. The molecule has 3 heterocycles. The number of rotatable bonds is 3. The quantitative estimate of drug-likeness (QED) is 0.664. The van der Waals surface area contributed by atoms with Crippen LogP contribution in [0.15, 0.2) is 53.3 Å². The SMILES string of the molecule is COc1ccc2nc(-c3ccccc(N4CCCC(O)C4)cc(C)c(=O)[nH]3)sc2c1. The fourth-order valence-electron chi connectivity index (χ4n) is 3.56. The van der Waals surface area contributed by atoms with Gasteiger partial charge in [-0.25, -0.2) is 4.98 Å². The molecule has 1 unspecified atom stereocenters. The topological polar surface area (TPSA) is 78.5 Å². The van der Waals surface area contributed by atoms with Crippen LogP contribution in [0.4, 0.5) is 5.69 Å². The number of aromatic amines is 1. The predicted molar refractivity (Wildman–Crippen MR) is 122 cm³/mol. The molecule has 6 nitrogen and oxygen atoms in total. The first-order valence-electron chi connectivity index (χ1n) is 10.00. The van der Waals surface area contributed by atoms with Crippen LogP contribution in [0.1, 0.15) is 18.4 Å². The number of nitrogens with one attached hydrogen (secondary N) is 1. The van der Waals surface area contributed by atoms with Gasteiger partial charge in [0.2, 0.25) is 0 Å².